The van der Waals surface area contributed by atoms with Crippen molar-refractivity contribution in [1.29, 1.82) is 0 Å². The van der Waals surface area contributed by atoms with Crippen LogP contribution in [-0.4, -0.2) is 12.4 Å². The summed E-state index contributed by atoms with van der Waals surface area (Å²) in [5.41, 5.74) is 0. The van der Waals surface area contributed by atoms with E-state index >= 15 is 0 Å². The molecule has 0 saturated carbocycles. The highest BCUT2D eigenvalue weighted by atomic mass is 35.7. The molecular formula is C7H16ClO2PS. The molecule has 0 fully saturated rings. The fourth-order valence-corrected chi connectivity index (χ4v) is 4.15. The van der Waals surface area contributed by atoms with Crippen molar-refractivity contribution in [3.05, 3.63) is 0 Å². The van der Waals surface area contributed by atoms with E-state index < -0.39 is 5.92 Å². The van der Waals surface area contributed by atoms with Crippen LogP contribution >= 0.6 is 28.5 Å². The van der Waals surface area contributed by atoms with Crippen LogP contribution in [0.15, 0.2) is 0 Å². The van der Waals surface area contributed by atoms with E-state index in [-0.39, 0.29) is 0 Å². The summed E-state index contributed by atoms with van der Waals surface area (Å²) in [5.74, 6) is -2.02. The number of unbranched alkanes of at least 4 members (excludes halogenated alkanes) is 2. The summed E-state index contributed by atoms with van der Waals surface area (Å²) >= 11 is 6.85. The van der Waals surface area contributed by atoms with Gasteiger partial charge in [-0.15, -0.1) is 0 Å². The molecule has 2 nitrogen and oxygen atoms in total. The molecule has 0 radical (unpaired) electrons. The lowest BCUT2D eigenvalue weighted by molar-refractivity contribution is 0.356. The van der Waals surface area contributed by atoms with Crippen molar-refractivity contribution < 1.29 is 9.09 Å². The van der Waals surface area contributed by atoms with E-state index in [4.69, 9.17) is 15.8 Å². The summed E-state index contributed by atoms with van der Waals surface area (Å²) in [6.07, 6.45) is 3.39. The molecular weight excluding hydrogens is 215 g/mol. The topological polar surface area (TPSA) is 26.3 Å². The fraction of sp³-hybridized carbons (Fsp3) is 1.00. The minimum Gasteiger partial charge on any atom is -0.310 e. The molecule has 0 saturated heterocycles. The fourth-order valence-electron chi connectivity index (χ4n) is 0.717. The first-order chi connectivity index (χ1) is 5.62. The van der Waals surface area contributed by atoms with E-state index in [0.717, 1.165) is 18.6 Å². The Morgan fingerprint density at radius 1 is 1.42 bits per heavy atom. The van der Waals surface area contributed by atoms with Crippen molar-refractivity contribution in [3.63, 3.8) is 0 Å². The van der Waals surface area contributed by atoms with Crippen LogP contribution in [0.25, 0.3) is 0 Å². The monoisotopic (exact) mass is 230 g/mol. The molecule has 0 aromatic heterocycles. The maximum absolute atomic E-state index is 11.3. The Bertz CT molecular complexity index is 154. The zero-order chi connectivity index (χ0) is 9.45. The molecule has 0 aromatic rings. The summed E-state index contributed by atoms with van der Waals surface area (Å²) in [6, 6.07) is 0. The van der Waals surface area contributed by atoms with E-state index in [2.05, 4.69) is 6.92 Å². The summed E-state index contributed by atoms with van der Waals surface area (Å²) < 4.78 is 16.2. The Balaban J connectivity index is 3.41. The van der Waals surface area contributed by atoms with Gasteiger partial charge in [-0.05, 0) is 24.6 Å². The molecule has 0 heterocycles. The van der Waals surface area contributed by atoms with Crippen molar-refractivity contribution in [2.75, 3.05) is 12.4 Å². The molecule has 0 N–H and O–H groups in total. The summed E-state index contributed by atoms with van der Waals surface area (Å²) in [4.78, 5) is 0. The third-order valence-electron chi connectivity index (χ3n) is 1.28. The molecule has 1 atom stereocenters. The van der Waals surface area contributed by atoms with Crippen molar-refractivity contribution in [2.45, 2.75) is 33.1 Å². The van der Waals surface area contributed by atoms with Crippen LogP contribution in [-0.2, 0) is 9.09 Å². The van der Waals surface area contributed by atoms with Gasteiger partial charge in [0, 0.05) is 5.75 Å². The largest absolute Gasteiger partial charge is 0.346 e. The average molecular weight is 231 g/mol. The van der Waals surface area contributed by atoms with Crippen LogP contribution < -0.4 is 0 Å². The molecule has 12 heavy (non-hydrogen) atoms. The van der Waals surface area contributed by atoms with Crippen LogP contribution in [0.1, 0.15) is 33.1 Å². The molecule has 0 aliphatic carbocycles. The van der Waals surface area contributed by atoms with Crippen LogP contribution in [0.2, 0.25) is 0 Å². The quantitative estimate of drug-likeness (QED) is 0.482. The Morgan fingerprint density at radius 2 is 2.08 bits per heavy atom. The smallest absolute Gasteiger partial charge is 0.310 e. The maximum Gasteiger partial charge on any atom is 0.346 e. The lowest BCUT2D eigenvalue weighted by Gasteiger charge is -2.07. The average Bonchev–Trinajstić information content (AvgIpc) is 1.98. The van der Waals surface area contributed by atoms with Crippen molar-refractivity contribution in [2.24, 2.45) is 0 Å². The highest BCUT2D eigenvalue weighted by Crippen LogP contribution is 2.64. The van der Waals surface area contributed by atoms with Crippen LogP contribution in [0.3, 0.4) is 0 Å². The first-order valence-electron chi connectivity index (χ1n) is 4.21. The molecule has 1 unspecified atom stereocenters. The highest BCUT2D eigenvalue weighted by molar-refractivity contribution is 8.63. The number of rotatable bonds is 7. The molecule has 5 heteroatoms. The van der Waals surface area contributed by atoms with Gasteiger partial charge in [0.05, 0.1) is 6.61 Å². The second kappa shape index (κ2) is 7.25. The number of halogens is 1. The summed E-state index contributed by atoms with van der Waals surface area (Å²) in [7, 11) is 0. The number of hydrogen-bond acceptors (Lipinski definition) is 3. The second-order valence-electron chi connectivity index (χ2n) is 2.39. The lowest BCUT2D eigenvalue weighted by atomic mass is 10.3. The minimum atomic E-state index is -2.84. The molecule has 0 aliphatic rings. The van der Waals surface area contributed by atoms with Crippen LogP contribution in [0, 0.1) is 0 Å². The van der Waals surface area contributed by atoms with Gasteiger partial charge in [0.1, 0.15) is 0 Å². The van der Waals surface area contributed by atoms with Gasteiger partial charge in [-0.25, -0.2) is 0 Å². The van der Waals surface area contributed by atoms with Gasteiger partial charge in [0.2, 0.25) is 0 Å². The molecule has 0 rings (SSSR count). The van der Waals surface area contributed by atoms with Crippen molar-refractivity contribution in [3.8, 4) is 0 Å². The molecule has 74 valence electrons. The van der Waals surface area contributed by atoms with Gasteiger partial charge >= 0.3 is 5.92 Å². The van der Waals surface area contributed by atoms with Crippen molar-refractivity contribution >= 4 is 28.5 Å². The Kier molecular flexibility index (Phi) is 7.76. The Hall–Kier alpha value is 0.830. The first kappa shape index (κ1) is 12.8. The van der Waals surface area contributed by atoms with Gasteiger partial charge in [-0.1, -0.05) is 31.1 Å². The molecule has 0 bridgehead atoms. The Morgan fingerprint density at radius 3 is 2.58 bits per heavy atom. The molecule has 0 aliphatic heterocycles. The van der Waals surface area contributed by atoms with E-state index in [1.807, 2.05) is 0 Å². The predicted molar refractivity (Wildman–Crippen MR) is 57.1 cm³/mol. The van der Waals surface area contributed by atoms with Gasteiger partial charge < -0.3 is 4.52 Å². The third kappa shape index (κ3) is 7.48. The van der Waals surface area contributed by atoms with E-state index in [9.17, 15) is 4.57 Å². The summed E-state index contributed by atoms with van der Waals surface area (Å²) in [5, 5.41) is 0. The highest BCUT2D eigenvalue weighted by Gasteiger charge is 2.18. The molecule has 0 aromatic carbocycles. The first-order valence-corrected chi connectivity index (χ1v) is 8.33. The lowest BCUT2D eigenvalue weighted by Crippen LogP contribution is -1.82. The zero-order valence-electron chi connectivity index (χ0n) is 7.59. The zero-order valence-corrected chi connectivity index (χ0v) is 10.1. The second-order valence-corrected chi connectivity index (χ2v) is 8.33. The van der Waals surface area contributed by atoms with Crippen LogP contribution in [0.4, 0.5) is 0 Å². The normalized spacial score (nSPS) is 15.9. The molecule has 0 amide bonds. The van der Waals surface area contributed by atoms with Gasteiger partial charge in [0.25, 0.3) is 0 Å². The van der Waals surface area contributed by atoms with Gasteiger partial charge in [0.15, 0.2) is 0 Å². The van der Waals surface area contributed by atoms with Gasteiger partial charge in [-0.2, -0.15) is 0 Å². The van der Waals surface area contributed by atoms with E-state index in [1.54, 1.807) is 6.92 Å². The van der Waals surface area contributed by atoms with E-state index in [0.29, 0.717) is 6.61 Å². The van der Waals surface area contributed by atoms with Crippen molar-refractivity contribution in [1.82, 2.24) is 0 Å². The van der Waals surface area contributed by atoms with Crippen LogP contribution in [0.5, 0.6) is 0 Å². The Labute approximate surface area is 83.4 Å². The van der Waals surface area contributed by atoms with Gasteiger partial charge in [-0.3, -0.25) is 4.57 Å². The SMILES string of the molecule is CCCCCSP(=O)(Cl)OCC. The third-order valence-corrected chi connectivity index (χ3v) is 5.58. The maximum atomic E-state index is 11.3. The standard InChI is InChI=1S/C7H16ClO2PS/c1-3-5-6-7-12-11(8,9)10-4-2/h3-7H2,1-2H3. The molecule has 0 spiro atoms. The summed E-state index contributed by atoms with van der Waals surface area (Å²) in [6.45, 7) is 4.34. The number of hydrogen-bond donors (Lipinski definition) is 0. The van der Waals surface area contributed by atoms with E-state index in [1.165, 1.54) is 17.8 Å². The predicted octanol–water partition coefficient (Wildman–Crippen LogP) is 4.29. The minimum absolute atomic E-state index is 0.418.